The van der Waals surface area contributed by atoms with Crippen molar-refractivity contribution in [3.05, 3.63) is 30.1 Å². The molecule has 4 N–H and O–H groups in total. The van der Waals surface area contributed by atoms with Gasteiger partial charge in [0.05, 0.1) is 11.0 Å². The maximum Gasteiger partial charge on any atom is 0.315 e. The van der Waals surface area contributed by atoms with Gasteiger partial charge in [-0.1, -0.05) is 31.4 Å². The summed E-state index contributed by atoms with van der Waals surface area (Å²) in [5.74, 6) is 1.28. The summed E-state index contributed by atoms with van der Waals surface area (Å²) in [6, 6.07) is 7.88. The van der Waals surface area contributed by atoms with Crippen LogP contribution >= 0.6 is 0 Å². The number of nitrogens with two attached hydrogens (primary N) is 1. The normalized spacial score (nSPS) is 19.8. The van der Waals surface area contributed by atoms with Gasteiger partial charge in [0.15, 0.2) is 0 Å². The summed E-state index contributed by atoms with van der Waals surface area (Å²) >= 11 is 0. The number of fused-ring (bicyclic) bond motifs is 1. The van der Waals surface area contributed by atoms with Crippen LogP contribution in [-0.4, -0.2) is 71.8 Å². The number of carbonyl (C=O) groups is 2. The average molecular weight is 499 g/mol. The van der Waals surface area contributed by atoms with E-state index in [9.17, 15) is 9.59 Å². The van der Waals surface area contributed by atoms with Gasteiger partial charge in [0.2, 0.25) is 5.91 Å². The molecule has 0 spiro atoms. The zero-order valence-electron chi connectivity index (χ0n) is 21.6. The maximum atomic E-state index is 13.1. The van der Waals surface area contributed by atoms with E-state index in [0.29, 0.717) is 13.2 Å². The summed E-state index contributed by atoms with van der Waals surface area (Å²) < 4.78 is 7.57. The molecule has 2 heterocycles. The summed E-state index contributed by atoms with van der Waals surface area (Å²) in [6.07, 6.45) is 8.73. The number of likely N-dealkylation sites (tertiary alicyclic amines) is 1. The van der Waals surface area contributed by atoms with Crippen molar-refractivity contribution in [3.63, 3.8) is 0 Å². The van der Waals surface area contributed by atoms with E-state index < -0.39 is 6.04 Å². The quantitative estimate of drug-likeness (QED) is 0.436. The molecule has 0 radical (unpaired) electrons. The minimum atomic E-state index is -0.409. The lowest BCUT2D eigenvalue weighted by atomic mass is 9.96. The number of piperidine rings is 1. The van der Waals surface area contributed by atoms with Gasteiger partial charge in [-0.25, -0.2) is 9.78 Å². The fraction of sp³-hybridized carbons (Fsp3) is 0.667. The number of aromatic nitrogens is 2. The zero-order chi connectivity index (χ0) is 25.3. The SMILES string of the molecule is COCCCn1c(C2CCCN(C(=O)CC(N)CNC(=O)NC3CCCCC3)C2)nc2ccccc21. The van der Waals surface area contributed by atoms with Gasteiger partial charge in [0, 0.05) is 64.3 Å². The predicted molar refractivity (Wildman–Crippen MR) is 141 cm³/mol. The Hall–Kier alpha value is -2.65. The van der Waals surface area contributed by atoms with Crippen molar-refractivity contribution in [1.29, 1.82) is 0 Å². The number of aryl methyl sites for hydroxylation is 1. The largest absolute Gasteiger partial charge is 0.385 e. The molecule has 1 saturated heterocycles. The second-order valence-electron chi connectivity index (χ2n) is 10.3. The molecule has 9 nitrogen and oxygen atoms in total. The number of carbonyl (C=O) groups excluding carboxylic acids is 2. The Labute approximate surface area is 214 Å². The number of imidazole rings is 1. The van der Waals surface area contributed by atoms with Crippen LogP contribution in [0.15, 0.2) is 24.3 Å². The maximum absolute atomic E-state index is 13.1. The Morgan fingerprint density at radius 1 is 1.17 bits per heavy atom. The lowest BCUT2D eigenvalue weighted by Gasteiger charge is -2.33. The van der Waals surface area contributed by atoms with E-state index >= 15 is 0 Å². The smallest absolute Gasteiger partial charge is 0.315 e. The number of hydrogen-bond donors (Lipinski definition) is 3. The van der Waals surface area contributed by atoms with Crippen LogP contribution in [0.5, 0.6) is 0 Å². The van der Waals surface area contributed by atoms with E-state index in [2.05, 4.69) is 21.3 Å². The second-order valence-corrected chi connectivity index (χ2v) is 10.3. The van der Waals surface area contributed by atoms with Crippen molar-refractivity contribution in [2.24, 2.45) is 5.73 Å². The van der Waals surface area contributed by atoms with Crippen LogP contribution in [0.3, 0.4) is 0 Å². The van der Waals surface area contributed by atoms with E-state index in [-0.39, 0.29) is 36.9 Å². The molecule has 198 valence electrons. The van der Waals surface area contributed by atoms with E-state index in [1.165, 1.54) is 19.3 Å². The number of nitrogens with one attached hydrogen (secondary N) is 2. The van der Waals surface area contributed by atoms with E-state index in [0.717, 1.165) is 62.1 Å². The molecule has 0 bridgehead atoms. The number of ether oxygens (including phenoxy) is 1. The Bertz CT molecular complexity index is 1000. The monoisotopic (exact) mass is 498 g/mol. The predicted octanol–water partition coefficient (Wildman–Crippen LogP) is 3.13. The van der Waals surface area contributed by atoms with Crippen molar-refractivity contribution in [2.45, 2.75) is 82.3 Å². The third kappa shape index (κ3) is 6.97. The van der Waals surface area contributed by atoms with Gasteiger partial charge in [-0.15, -0.1) is 0 Å². The summed E-state index contributed by atoms with van der Waals surface area (Å²) in [5, 5.41) is 5.88. The fourth-order valence-corrected chi connectivity index (χ4v) is 5.55. The number of methoxy groups -OCH3 is 1. The Balaban J connectivity index is 1.31. The molecule has 2 fully saturated rings. The fourth-order valence-electron chi connectivity index (χ4n) is 5.55. The van der Waals surface area contributed by atoms with Gasteiger partial charge in [0.25, 0.3) is 0 Å². The lowest BCUT2D eigenvalue weighted by Crippen LogP contribution is -2.48. The summed E-state index contributed by atoms with van der Waals surface area (Å²) in [7, 11) is 1.72. The molecule has 1 aromatic heterocycles. The summed E-state index contributed by atoms with van der Waals surface area (Å²) in [4.78, 5) is 32.2. The molecule has 2 unspecified atom stereocenters. The molecular formula is C27H42N6O3. The highest BCUT2D eigenvalue weighted by Gasteiger charge is 2.29. The number of urea groups is 1. The molecule has 1 aliphatic heterocycles. The van der Waals surface area contributed by atoms with Crippen LogP contribution in [0.2, 0.25) is 0 Å². The molecule has 1 aromatic carbocycles. The van der Waals surface area contributed by atoms with Crippen LogP contribution < -0.4 is 16.4 Å². The molecule has 2 aromatic rings. The number of hydrogen-bond acceptors (Lipinski definition) is 5. The number of nitrogens with zero attached hydrogens (tertiary/aromatic N) is 3. The number of benzene rings is 1. The van der Waals surface area contributed by atoms with Crippen LogP contribution in [-0.2, 0) is 16.1 Å². The van der Waals surface area contributed by atoms with Gasteiger partial charge in [-0.2, -0.15) is 0 Å². The zero-order valence-corrected chi connectivity index (χ0v) is 21.6. The first-order chi connectivity index (χ1) is 17.5. The average Bonchev–Trinajstić information content (AvgIpc) is 3.27. The van der Waals surface area contributed by atoms with Gasteiger partial charge in [-0.05, 0) is 44.2 Å². The van der Waals surface area contributed by atoms with Crippen molar-refractivity contribution < 1.29 is 14.3 Å². The molecule has 3 amide bonds. The van der Waals surface area contributed by atoms with E-state index in [1.54, 1.807) is 7.11 Å². The molecule has 1 aliphatic carbocycles. The van der Waals surface area contributed by atoms with Crippen molar-refractivity contribution >= 4 is 23.0 Å². The van der Waals surface area contributed by atoms with Crippen LogP contribution in [0.4, 0.5) is 4.79 Å². The van der Waals surface area contributed by atoms with Crippen molar-refractivity contribution in [2.75, 3.05) is 33.4 Å². The molecule has 2 aliphatic rings. The highest BCUT2D eigenvalue weighted by molar-refractivity contribution is 5.78. The third-order valence-electron chi connectivity index (χ3n) is 7.46. The Morgan fingerprint density at radius 2 is 1.97 bits per heavy atom. The van der Waals surface area contributed by atoms with E-state index in [1.807, 2.05) is 23.1 Å². The molecule has 1 saturated carbocycles. The first kappa shape index (κ1) is 26.4. The Kier molecular flexibility index (Phi) is 9.58. The topological polar surface area (TPSA) is 115 Å². The van der Waals surface area contributed by atoms with Crippen LogP contribution in [0, 0.1) is 0 Å². The summed E-state index contributed by atoms with van der Waals surface area (Å²) in [6.45, 7) is 3.21. The minimum absolute atomic E-state index is 0.0451. The van der Waals surface area contributed by atoms with Crippen molar-refractivity contribution in [3.8, 4) is 0 Å². The van der Waals surface area contributed by atoms with E-state index in [4.69, 9.17) is 15.5 Å². The molecule has 4 rings (SSSR count). The Morgan fingerprint density at radius 3 is 2.78 bits per heavy atom. The summed E-state index contributed by atoms with van der Waals surface area (Å²) in [5.41, 5.74) is 8.36. The number of amides is 3. The number of para-hydroxylation sites is 2. The highest BCUT2D eigenvalue weighted by atomic mass is 16.5. The van der Waals surface area contributed by atoms with Gasteiger partial charge in [-0.3, -0.25) is 4.79 Å². The second kappa shape index (κ2) is 13.1. The molecular weight excluding hydrogens is 456 g/mol. The standard InChI is InChI=1S/C27H42N6O3/c1-36-16-8-15-33-24-13-6-5-12-23(24)31-26(33)20-9-7-14-32(19-20)25(34)17-21(28)18-29-27(35)30-22-10-3-2-4-11-22/h5-6,12-13,20-22H,2-4,7-11,14-19,28H2,1H3,(H2,29,30,35). The minimum Gasteiger partial charge on any atom is -0.385 e. The van der Waals surface area contributed by atoms with Crippen molar-refractivity contribution in [1.82, 2.24) is 25.1 Å². The van der Waals surface area contributed by atoms with Gasteiger partial charge < -0.3 is 30.6 Å². The van der Waals surface area contributed by atoms with Gasteiger partial charge in [0.1, 0.15) is 5.82 Å². The highest BCUT2D eigenvalue weighted by Crippen LogP contribution is 2.30. The van der Waals surface area contributed by atoms with Crippen LogP contribution in [0.25, 0.3) is 11.0 Å². The lowest BCUT2D eigenvalue weighted by molar-refractivity contribution is -0.132. The first-order valence-electron chi connectivity index (χ1n) is 13.6. The third-order valence-corrected chi connectivity index (χ3v) is 7.46. The molecule has 2 atom stereocenters. The van der Waals surface area contributed by atoms with Crippen LogP contribution in [0.1, 0.15) is 69.5 Å². The van der Waals surface area contributed by atoms with Gasteiger partial charge >= 0.3 is 6.03 Å². The first-order valence-corrected chi connectivity index (χ1v) is 13.6. The number of rotatable bonds is 10. The molecule has 36 heavy (non-hydrogen) atoms. The molecule has 9 heteroatoms.